The molecule has 0 aliphatic heterocycles. The summed E-state index contributed by atoms with van der Waals surface area (Å²) in [5.74, 6) is 4.64. The highest BCUT2D eigenvalue weighted by molar-refractivity contribution is 5.49. The zero-order valence-corrected chi connectivity index (χ0v) is 9.58. The summed E-state index contributed by atoms with van der Waals surface area (Å²) in [5.41, 5.74) is 0. The summed E-state index contributed by atoms with van der Waals surface area (Å²) >= 11 is 0. The number of furan rings is 1. The van der Waals surface area contributed by atoms with Gasteiger partial charge in [-0.2, -0.15) is 0 Å². The molecule has 0 saturated heterocycles. The van der Waals surface area contributed by atoms with Crippen molar-refractivity contribution in [3.05, 3.63) is 23.7 Å². The molecule has 0 fully saturated rings. The maximum Gasteiger partial charge on any atom is 0.120 e. The van der Waals surface area contributed by atoms with Gasteiger partial charge < -0.3 is 9.21 Å². The molecule has 0 aromatic carbocycles. The summed E-state index contributed by atoms with van der Waals surface area (Å²) < 4.78 is 5.64. The Hall–Kier alpha value is -1.49. The second-order valence-corrected chi connectivity index (χ2v) is 3.84. The summed E-state index contributed by atoms with van der Waals surface area (Å²) in [6.07, 6.45) is 12.4. The molecule has 0 spiro atoms. The molecule has 0 unspecified atom stereocenters. The Balaban J connectivity index is 2.23. The highest BCUT2D eigenvalue weighted by Crippen LogP contribution is 2.13. The van der Waals surface area contributed by atoms with Crippen LogP contribution in [0.15, 0.2) is 16.5 Å². The van der Waals surface area contributed by atoms with Crippen LogP contribution in [0, 0.1) is 12.3 Å². The van der Waals surface area contributed by atoms with Crippen LogP contribution in [-0.2, 0) is 17.6 Å². The van der Waals surface area contributed by atoms with Gasteiger partial charge in [-0.1, -0.05) is 0 Å². The van der Waals surface area contributed by atoms with Crippen LogP contribution < -0.4 is 0 Å². The molecule has 16 heavy (non-hydrogen) atoms. The van der Waals surface area contributed by atoms with Gasteiger partial charge in [0, 0.05) is 25.7 Å². The number of carbonyl (C=O) groups excluding carboxylic acids is 1. The Labute approximate surface area is 97.0 Å². The maximum atomic E-state index is 10.2. The minimum absolute atomic E-state index is 0.609. The van der Waals surface area contributed by atoms with Crippen molar-refractivity contribution in [3.8, 4) is 12.3 Å². The van der Waals surface area contributed by atoms with E-state index in [0.29, 0.717) is 6.42 Å². The largest absolute Gasteiger partial charge is 0.466 e. The lowest BCUT2D eigenvalue weighted by Crippen LogP contribution is -1.84. The predicted molar refractivity (Wildman–Crippen MR) is 64.1 cm³/mol. The molecule has 1 heterocycles. The second-order valence-electron chi connectivity index (χ2n) is 3.84. The van der Waals surface area contributed by atoms with Gasteiger partial charge in [-0.25, -0.2) is 0 Å². The number of carbonyl (C=O) groups is 1. The molecular formula is C14H18O2. The lowest BCUT2D eigenvalue weighted by Gasteiger charge is -1.96. The number of aldehydes is 1. The Kier molecular flexibility index (Phi) is 6.10. The molecule has 0 atom stereocenters. The summed E-state index contributed by atoms with van der Waals surface area (Å²) in [6, 6.07) is 4.02. The van der Waals surface area contributed by atoms with E-state index in [1.54, 1.807) is 0 Å². The Morgan fingerprint density at radius 3 is 2.50 bits per heavy atom. The van der Waals surface area contributed by atoms with Crippen molar-refractivity contribution in [1.29, 1.82) is 0 Å². The molecule has 1 aromatic heterocycles. The van der Waals surface area contributed by atoms with Crippen LogP contribution in [0.25, 0.3) is 0 Å². The van der Waals surface area contributed by atoms with Crippen molar-refractivity contribution in [1.82, 2.24) is 0 Å². The first-order valence-corrected chi connectivity index (χ1v) is 5.81. The quantitative estimate of drug-likeness (QED) is 0.381. The first kappa shape index (κ1) is 12.6. The summed E-state index contributed by atoms with van der Waals surface area (Å²) in [4.78, 5) is 10.2. The van der Waals surface area contributed by atoms with E-state index in [1.807, 2.05) is 12.1 Å². The third-order valence-corrected chi connectivity index (χ3v) is 2.46. The minimum Gasteiger partial charge on any atom is -0.466 e. The van der Waals surface area contributed by atoms with Crippen molar-refractivity contribution in [2.24, 2.45) is 0 Å². The molecule has 0 amide bonds. The van der Waals surface area contributed by atoms with Crippen LogP contribution >= 0.6 is 0 Å². The van der Waals surface area contributed by atoms with E-state index in [9.17, 15) is 4.79 Å². The molecule has 2 nitrogen and oxygen atoms in total. The summed E-state index contributed by atoms with van der Waals surface area (Å²) in [7, 11) is 0. The molecule has 86 valence electrons. The molecule has 0 aliphatic rings. The lowest BCUT2D eigenvalue weighted by molar-refractivity contribution is -0.107. The molecule has 0 radical (unpaired) electrons. The Morgan fingerprint density at radius 1 is 1.19 bits per heavy atom. The summed E-state index contributed by atoms with van der Waals surface area (Å²) in [5, 5.41) is 0. The number of unbranched alkanes of at least 4 members (excludes halogenated alkanes) is 3. The molecule has 2 heteroatoms. The van der Waals surface area contributed by atoms with Crippen molar-refractivity contribution < 1.29 is 9.21 Å². The van der Waals surface area contributed by atoms with Gasteiger partial charge in [0.05, 0.1) is 0 Å². The van der Waals surface area contributed by atoms with Gasteiger partial charge in [0.1, 0.15) is 17.8 Å². The molecule has 0 aliphatic carbocycles. The number of rotatable bonds is 8. The molecule has 0 N–H and O–H groups in total. The fourth-order valence-corrected chi connectivity index (χ4v) is 1.58. The van der Waals surface area contributed by atoms with Crippen LogP contribution in [0.5, 0.6) is 0 Å². The average Bonchev–Trinajstić information content (AvgIpc) is 2.73. The molecular weight excluding hydrogens is 200 g/mol. The molecule has 1 rings (SSSR count). The van der Waals surface area contributed by atoms with Gasteiger partial charge in [-0.05, 0) is 31.4 Å². The van der Waals surface area contributed by atoms with Crippen LogP contribution in [0.4, 0.5) is 0 Å². The van der Waals surface area contributed by atoms with E-state index in [-0.39, 0.29) is 0 Å². The fraction of sp³-hybridized carbons (Fsp3) is 0.500. The fourth-order valence-electron chi connectivity index (χ4n) is 1.58. The summed E-state index contributed by atoms with van der Waals surface area (Å²) in [6.45, 7) is 0. The third kappa shape index (κ3) is 4.84. The Bertz CT molecular complexity index is 344. The first-order valence-electron chi connectivity index (χ1n) is 5.81. The lowest BCUT2D eigenvalue weighted by atomic mass is 10.2. The van der Waals surface area contributed by atoms with Crippen molar-refractivity contribution >= 4 is 6.29 Å². The zero-order valence-electron chi connectivity index (χ0n) is 9.58. The van der Waals surface area contributed by atoms with E-state index in [1.165, 1.54) is 0 Å². The maximum absolute atomic E-state index is 10.2. The molecule has 0 bridgehead atoms. The van der Waals surface area contributed by atoms with Crippen LogP contribution in [0.1, 0.15) is 43.6 Å². The van der Waals surface area contributed by atoms with Crippen molar-refractivity contribution in [2.45, 2.75) is 44.9 Å². The number of terminal acetylenes is 1. The monoisotopic (exact) mass is 218 g/mol. The average molecular weight is 218 g/mol. The highest BCUT2D eigenvalue weighted by atomic mass is 16.3. The van der Waals surface area contributed by atoms with Gasteiger partial charge in [0.2, 0.25) is 0 Å². The van der Waals surface area contributed by atoms with Crippen LogP contribution in [-0.4, -0.2) is 6.29 Å². The van der Waals surface area contributed by atoms with Gasteiger partial charge >= 0.3 is 0 Å². The number of hydrogen-bond donors (Lipinski definition) is 0. The van der Waals surface area contributed by atoms with Crippen LogP contribution in [0.3, 0.4) is 0 Å². The number of hydrogen-bond acceptors (Lipinski definition) is 2. The van der Waals surface area contributed by atoms with Gasteiger partial charge in [0.15, 0.2) is 0 Å². The smallest absolute Gasteiger partial charge is 0.120 e. The minimum atomic E-state index is 0.609. The highest BCUT2D eigenvalue weighted by Gasteiger charge is 2.01. The topological polar surface area (TPSA) is 30.2 Å². The van der Waals surface area contributed by atoms with E-state index in [2.05, 4.69) is 5.92 Å². The molecule has 1 aromatic rings. The van der Waals surface area contributed by atoms with E-state index in [0.717, 1.165) is 56.3 Å². The second kappa shape index (κ2) is 7.76. The predicted octanol–water partition coefficient (Wildman–Crippen LogP) is 3.15. The van der Waals surface area contributed by atoms with Gasteiger partial charge in [0.25, 0.3) is 0 Å². The molecule has 0 saturated carbocycles. The Morgan fingerprint density at radius 2 is 1.88 bits per heavy atom. The van der Waals surface area contributed by atoms with E-state index in [4.69, 9.17) is 10.8 Å². The normalized spacial score (nSPS) is 9.94. The van der Waals surface area contributed by atoms with Gasteiger partial charge in [-0.15, -0.1) is 12.3 Å². The first-order chi connectivity index (χ1) is 7.86. The van der Waals surface area contributed by atoms with Crippen molar-refractivity contribution in [3.63, 3.8) is 0 Å². The SMILES string of the molecule is C#CCCCCc1ccc(CCCC=O)o1. The van der Waals surface area contributed by atoms with Crippen molar-refractivity contribution in [2.75, 3.05) is 0 Å². The van der Waals surface area contributed by atoms with E-state index < -0.39 is 0 Å². The third-order valence-electron chi connectivity index (χ3n) is 2.46. The standard InChI is InChI=1S/C14H18O2/c1-2-3-4-5-8-13-10-11-14(16-13)9-6-7-12-15/h1,10-12H,3-9H2. The van der Waals surface area contributed by atoms with Crippen LogP contribution in [0.2, 0.25) is 0 Å². The van der Waals surface area contributed by atoms with E-state index >= 15 is 0 Å². The van der Waals surface area contributed by atoms with Gasteiger partial charge in [-0.3, -0.25) is 0 Å². The number of aryl methyl sites for hydroxylation is 2. The zero-order chi connectivity index (χ0) is 11.6.